The first-order chi connectivity index (χ1) is 2.91. The molecule has 0 spiro atoms. The zero-order valence-corrected chi connectivity index (χ0v) is 6.65. The molecule has 0 saturated heterocycles. The van der Waals surface area contributed by atoms with E-state index in [2.05, 4.69) is 6.92 Å². The molecule has 36 valence electrons. The molecule has 0 amide bonds. The van der Waals surface area contributed by atoms with E-state index >= 15 is 0 Å². The second kappa shape index (κ2) is 10.0. The SMILES string of the molecule is [CH2-]CCC[C-]=O.[Ca+2]. The van der Waals surface area contributed by atoms with Crippen LogP contribution < -0.4 is 0 Å². The van der Waals surface area contributed by atoms with Crippen molar-refractivity contribution >= 4 is 44.0 Å². The van der Waals surface area contributed by atoms with E-state index in [1.165, 1.54) is 0 Å². The molecule has 0 bridgehead atoms. The molecule has 0 N–H and O–H groups in total. The van der Waals surface area contributed by atoms with Crippen molar-refractivity contribution in [3.05, 3.63) is 6.92 Å². The number of unbranched alkanes of at least 4 members (excludes halogenated alkanes) is 2. The molecule has 0 atom stereocenters. The zero-order chi connectivity index (χ0) is 4.83. The Hall–Kier alpha value is 0.930. The topological polar surface area (TPSA) is 17.1 Å². The molecule has 7 heavy (non-hydrogen) atoms. The van der Waals surface area contributed by atoms with Crippen LogP contribution in [0.2, 0.25) is 0 Å². The van der Waals surface area contributed by atoms with Crippen molar-refractivity contribution in [2.24, 2.45) is 0 Å². The van der Waals surface area contributed by atoms with Gasteiger partial charge < -0.3 is 11.7 Å². The first-order valence-corrected chi connectivity index (χ1v) is 2.06. The van der Waals surface area contributed by atoms with Crippen molar-refractivity contribution in [1.29, 1.82) is 0 Å². The van der Waals surface area contributed by atoms with E-state index in [4.69, 9.17) is 0 Å². The molecule has 0 rings (SSSR count). The minimum atomic E-state index is 0. The summed E-state index contributed by atoms with van der Waals surface area (Å²) in [7, 11) is 0. The molecule has 0 aromatic heterocycles. The van der Waals surface area contributed by atoms with Crippen LogP contribution in [0.4, 0.5) is 0 Å². The van der Waals surface area contributed by atoms with Gasteiger partial charge in [0, 0.05) is 0 Å². The number of carbonyl (C=O) groups excluding carboxylic acids is 1. The van der Waals surface area contributed by atoms with Crippen LogP contribution in [0.3, 0.4) is 0 Å². The van der Waals surface area contributed by atoms with E-state index in [1.54, 1.807) is 6.29 Å². The smallest absolute Gasteiger partial charge is 0.542 e. The van der Waals surface area contributed by atoms with Crippen molar-refractivity contribution in [2.45, 2.75) is 19.3 Å². The molecule has 0 unspecified atom stereocenters. The predicted octanol–water partition coefficient (Wildman–Crippen LogP) is 0.720. The molecule has 2 heteroatoms. The van der Waals surface area contributed by atoms with Crippen molar-refractivity contribution in [3.63, 3.8) is 0 Å². The second-order valence-electron chi connectivity index (χ2n) is 1.10. The molecule has 0 aromatic carbocycles. The standard InChI is InChI=1S/C5H8O.Ca/c1-2-3-4-5-6;/h1-4H2;/q-2;+2. The third kappa shape index (κ3) is 10.9. The molecular weight excluding hydrogens is 116 g/mol. The molecule has 0 heterocycles. The molecule has 1 nitrogen and oxygen atoms in total. The van der Waals surface area contributed by atoms with Crippen molar-refractivity contribution in [2.75, 3.05) is 0 Å². The number of hydrogen-bond acceptors (Lipinski definition) is 1. The average Bonchev–Trinajstić information content (AvgIpc) is 1.61. The van der Waals surface area contributed by atoms with Gasteiger partial charge in [-0.25, -0.2) is 0 Å². The van der Waals surface area contributed by atoms with Gasteiger partial charge in [0.05, 0.1) is 0 Å². The summed E-state index contributed by atoms with van der Waals surface area (Å²) in [6.07, 6.45) is 4.04. The van der Waals surface area contributed by atoms with Crippen molar-refractivity contribution in [3.8, 4) is 0 Å². The maximum atomic E-state index is 9.41. The van der Waals surface area contributed by atoms with Crippen LogP contribution in [0.5, 0.6) is 0 Å². The Labute approximate surface area is 74.5 Å². The summed E-state index contributed by atoms with van der Waals surface area (Å²) in [6, 6.07) is 0. The Morgan fingerprint density at radius 2 is 2.14 bits per heavy atom. The normalized spacial score (nSPS) is 7.00. The molecule has 0 radical (unpaired) electrons. The van der Waals surface area contributed by atoms with Gasteiger partial charge in [-0.1, -0.05) is 0 Å². The van der Waals surface area contributed by atoms with Crippen LogP contribution in [0.25, 0.3) is 0 Å². The Morgan fingerprint density at radius 1 is 1.57 bits per heavy atom. The quantitative estimate of drug-likeness (QED) is 0.308. The van der Waals surface area contributed by atoms with Gasteiger partial charge in [-0.05, 0) is 0 Å². The van der Waals surface area contributed by atoms with E-state index < -0.39 is 0 Å². The summed E-state index contributed by atoms with van der Waals surface area (Å²) >= 11 is 0. The predicted molar refractivity (Wildman–Crippen MR) is 30.7 cm³/mol. The van der Waals surface area contributed by atoms with Gasteiger partial charge in [0.1, 0.15) is 0 Å². The second-order valence-corrected chi connectivity index (χ2v) is 1.10. The van der Waals surface area contributed by atoms with E-state index in [-0.39, 0.29) is 37.7 Å². The van der Waals surface area contributed by atoms with E-state index in [9.17, 15) is 4.79 Å². The summed E-state index contributed by atoms with van der Waals surface area (Å²) in [6.45, 7) is 3.54. The Kier molecular flexibility index (Phi) is 15.5. The van der Waals surface area contributed by atoms with Gasteiger partial charge in [-0.15, -0.1) is 6.42 Å². The molecule has 0 aliphatic carbocycles. The molecule has 0 aliphatic heterocycles. The summed E-state index contributed by atoms with van der Waals surface area (Å²) in [5, 5.41) is 0. The third-order valence-electron chi connectivity index (χ3n) is 0.529. The van der Waals surface area contributed by atoms with Crippen molar-refractivity contribution < 1.29 is 4.79 Å². The summed E-state index contributed by atoms with van der Waals surface area (Å²) < 4.78 is 0. The van der Waals surface area contributed by atoms with Gasteiger partial charge >= 0.3 is 37.7 Å². The van der Waals surface area contributed by atoms with Crippen LogP contribution in [-0.4, -0.2) is 44.0 Å². The molecular formula is C5H8CaO. The minimum absolute atomic E-state index is 0. The minimum Gasteiger partial charge on any atom is -0.542 e. The molecule has 0 aliphatic rings. The summed E-state index contributed by atoms with van der Waals surface area (Å²) in [5.74, 6) is 0. The Balaban J connectivity index is 0. The van der Waals surface area contributed by atoms with Crippen molar-refractivity contribution in [1.82, 2.24) is 0 Å². The molecule has 0 aromatic rings. The number of hydrogen-bond donors (Lipinski definition) is 0. The fourth-order valence-electron chi connectivity index (χ4n) is 0.197. The maximum Gasteiger partial charge on any atom is 2.00 e. The summed E-state index contributed by atoms with van der Waals surface area (Å²) in [5.41, 5.74) is 0. The van der Waals surface area contributed by atoms with E-state index in [0.717, 1.165) is 12.8 Å². The monoisotopic (exact) mass is 124 g/mol. The first-order valence-electron chi connectivity index (χ1n) is 2.06. The fraction of sp³-hybridized carbons (Fsp3) is 0.600. The van der Waals surface area contributed by atoms with Crippen LogP contribution in [0, 0.1) is 6.92 Å². The van der Waals surface area contributed by atoms with Gasteiger partial charge in [-0.2, -0.15) is 12.8 Å². The average molecular weight is 124 g/mol. The largest absolute Gasteiger partial charge is 2.00 e. The van der Waals surface area contributed by atoms with Gasteiger partial charge in [0.15, 0.2) is 0 Å². The van der Waals surface area contributed by atoms with Gasteiger partial charge in [-0.3, -0.25) is 6.29 Å². The van der Waals surface area contributed by atoms with Crippen LogP contribution >= 0.6 is 0 Å². The first kappa shape index (κ1) is 10.8. The van der Waals surface area contributed by atoms with Crippen LogP contribution in [0.1, 0.15) is 19.3 Å². The Bertz CT molecular complexity index is 37.1. The van der Waals surface area contributed by atoms with Crippen LogP contribution in [0.15, 0.2) is 0 Å². The van der Waals surface area contributed by atoms with Gasteiger partial charge in [0.2, 0.25) is 0 Å². The van der Waals surface area contributed by atoms with E-state index in [0.29, 0.717) is 6.42 Å². The van der Waals surface area contributed by atoms with Gasteiger partial charge in [0.25, 0.3) is 0 Å². The number of rotatable bonds is 3. The zero-order valence-electron chi connectivity index (χ0n) is 4.44. The Morgan fingerprint density at radius 3 is 2.29 bits per heavy atom. The maximum absolute atomic E-state index is 9.41. The molecule has 0 fully saturated rings. The summed E-state index contributed by atoms with van der Waals surface area (Å²) in [4.78, 5) is 9.41. The molecule has 0 saturated carbocycles. The fourth-order valence-corrected chi connectivity index (χ4v) is 0.197. The third-order valence-corrected chi connectivity index (χ3v) is 0.529. The van der Waals surface area contributed by atoms with E-state index in [1.807, 2.05) is 0 Å². The van der Waals surface area contributed by atoms with Crippen LogP contribution in [-0.2, 0) is 4.79 Å².